The number of aromatic nitrogens is 2. The Morgan fingerprint density at radius 3 is 2.57 bits per heavy atom. The molecule has 21 heavy (non-hydrogen) atoms. The first-order valence-electron chi connectivity index (χ1n) is 6.72. The Labute approximate surface area is 133 Å². The summed E-state index contributed by atoms with van der Waals surface area (Å²) in [5.74, 6) is 0.478. The maximum absolute atomic E-state index is 6.13. The van der Waals surface area contributed by atoms with Gasteiger partial charge in [-0.25, -0.2) is 4.98 Å². The van der Waals surface area contributed by atoms with Gasteiger partial charge >= 0.3 is 0 Å². The lowest BCUT2D eigenvalue weighted by atomic mass is 10.0. The van der Waals surface area contributed by atoms with Crippen molar-refractivity contribution < 1.29 is 0 Å². The lowest BCUT2D eigenvalue weighted by molar-refractivity contribution is 1.30. The highest BCUT2D eigenvalue weighted by atomic mass is 35.5. The third-order valence-corrected chi connectivity index (χ3v) is 4.92. The van der Waals surface area contributed by atoms with Crippen LogP contribution in [0.2, 0.25) is 0 Å². The summed E-state index contributed by atoms with van der Waals surface area (Å²) in [4.78, 5) is 9.99. The molecule has 2 aromatic heterocycles. The van der Waals surface area contributed by atoms with E-state index in [4.69, 9.17) is 16.6 Å². The summed E-state index contributed by atoms with van der Waals surface area (Å²) in [5, 5.41) is 0.990. The molecule has 106 valence electrons. The molecule has 0 unspecified atom stereocenters. The Morgan fingerprint density at radius 1 is 1.10 bits per heavy atom. The van der Waals surface area contributed by atoms with E-state index in [2.05, 4.69) is 37.0 Å². The summed E-state index contributed by atoms with van der Waals surface area (Å²) in [6, 6.07) is 10.4. The molecule has 0 spiro atoms. The van der Waals surface area contributed by atoms with Gasteiger partial charge in [-0.1, -0.05) is 17.7 Å². The quantitative estimate of drug-likeness (QED) is 0.619. The second-order valence-corrected chi connectivity index (χ2v) is 6.33. The molecule has 0 atom stereocenters. The van der Waals surface area contributed by atoms with E-state index in [9.17, 15) is 0 Å². The van der Waals surface area contributed by atoms with Crippen LogP contribution < -0.4 is 0 Å². The molecular weight excluding hydrogens is 300 g/mol. The van der Waals surface area contributed by atoms with Gasteiger partial charge in [-0.3, -0.25) is 4.98 Å². The first-order chi connectivity index (χ1) is 10.2. The van der Waals surface area contributed by atoms with Crippen LogP contribution in [0.15, 0.2) is 42.7 Å². The Hall–Kier alpha value is -1.71. The van der Waals surface area contributed by atoms with Crippen LogP contribution in [0.1, 0.15) is 16.0 Å². The van der Waals surface area contributed by atoms with Crippen molar-refractivity contribution in [1.29, 1.82) is 0 Å². The van der Waals surface area contributed by atoms with Crippen LogP contribution in [0.4, 0.5) is 0 Å². The average Bonchev–Trinajstić information content (AvgIpc) is 2.94. The fraction of sp³-hybridized carbons (Fsp3) is 0.176. The van der Waals surface area contributed by atoms with Gasteiger partial charge in [-0.15, -0.1) is 22.9 Å². The van der Waals surface area contributed by atoms with Gasteiger partial charge in [0.05, 0.1) is 11.6 Å². The van der Waals surface area contributed by atoms with E-state index >= 15 is 0 Å². The largest absolute Gasteiger partial charge is 0.265 e. The van der Waals surface area contributed by atoms with Gasteiger partial charge in [0.25, 0.3) is 0 Å². The molecule has 0 radical (unpaired) electrons. The second kappa shape index (κ2) is 5.96. The van der Waals surface area contributed by atoms with E-state index in [1.807, 2.05) is 12.1 Å². The second-order valence-electron chi connectivity index (χ2n) is 4.98. The number of hydrogen-bond donors (Lipinski definition) is 0. The number of pyridine rings is 1. The highest BCUT2D eigenvalue weighted by Gasteiger charge is 2.15. The van der Waals surface area contributed by atoms with Gasteiger partial charge in [-0.05, 0) is 37.6 Å². The highest BCUT2D eigenvalue weighted by Crippen LogP contribution is 2.36. The minimum atomic E-state index is 0.478. The third kappa shape index (κ3) is 2.85. The van der Waals surface area contributed by atoms with E-state index in [-0.39, 0.29) is 0 Å². The molecule has 0 N–H and O–H groups in total. The minimum Gasteiger partial charge on any atom is -0.265 e. The molecule has 0 aliphatic heterocycles. The number of benzene rings is 1. The van der Waals surface area contributed by atoms with Gasteiger partial charge in [0, 0.05) is 28.4 Å². The van der Waals surface area contributed by atoms with Crippen LogP contribution in [-0.2, 0) is 5.88 Å². The van der Waals surface area contributed by atoms with E-state index in [0.29, 0.717) is 5.88 Å². The van der Waals surface area contributed by atoms with Crippen LogP contribution in [0.3, 0.4) is 0 Å². The summed E-state index contributed by atoms with van der Waals surface area (Å²) in [6.07, 6.45) is 3.57. The lowest BCUT2D eigenvalue weighted by Gasteiger charge is -2.05. The van der Waals surface area contributed by atoms with Gasteiger partial charge in [0.2, 0.25) is 0 Å². The third-order valence-electron chi connectivity index (χ3n) is 3.39. The fourth-order valence-electron chi connectivity index (χ4n) is 2.26. The highest BCUT2D eigenvalue weighted by molar-refractivity contribution is 7.15. The van der Waals surface area contributed by atoms with Crippen LogP contribution >= 0.6 is 22.9 Å². The molecule has 3 rings (SSSR count). The number of rotatable bonds is 3. The molecule has 4 heteroatoms. The van der Waals surface area contributed by atoms with Gasteiger partial charge < -0.3 is 0 Å². The minimum absolute atomic E-state index is 0.478. The van der Waals surface area contributed by atoms with Crippen LogP contribution in [0.25, 0.3) is 21.8 Å². The normalized spacial score (nSPS) is 10.8. The molecule has 0 saturated heterocycles. The van der Waals surface area contributed by atoms with Crippen molar-refractivity contribution in [2.24, 2.45) is 0 Å². The molecule has 2 nitrogen and oxygen atoms in total. The van der Waals surface area contributed by atoms with Crippen molar-refractivity contribution in [3.63, 3.8) is 0 Å². The number of halogens is 1. The molecule has 0 aliphatic rings. The number of hydrogen-bond acceptors (Lipinski definition) is 3. The van der Waals surface area contributed by atoms with Crippen LogP contribution in [0.5, 0.6) is 0 Å². The predicted molar refractivity (Wildman–Crippen MR) is 89.8 cm³/mol. The molecule has 2 heterocycles. The number of thiazole rings is 1. The summed E-state index contributed by atoms with van der Waals surface area (Å²) in [6.45, 7) is 4.21. The van der Waals surface area contributed by atoms with E-state index < -0.39 is 0 Å². The molecule has 0 fully saturated rings. The SMILES string of the molecule is Cc1ccc(C)c(-c2nc(-c3ccncc3)sc2CCl)c1. The fourth-order valence-corrected chi connectivity index (χ4v) is 3.48. The molecule has 1 aromatic carbocycles. The Morgan fingerprint density at radius 2 is 1.86 bits per heavy atom. The zero-order valence-electron chi connectivity index (χ0n) is 11.9. The maximum Gasteiger partial charge on any atom is 0.124 e. The van der Waals surface area contributed by atoms with Crippen molar-refractivity contribution in [1.82, 2.24) is 9.97 Å². The molecule has 0 amide bonds. The predicted octanol–water partition coefficient (Wildman–Crippen LogP) is 5.23. The number of alkyl halides is 1. The molecule has 0 saturated carbocycles. The van der Waals surface area contributed by atoms with E-state index in [1.54, 1.807) is 23.7 Å². The summed E-state index contributed by atoms with van der Waals surface area (Å²) < 4.78 is 0. The maximum atomic E-state index is 6.13. The zero-order chi connectivity index (χ0) is 14.8. The van der Waals surface area contributed by atoms with Gasteiger partial charge in [0.15, 0.2) is 0 Å². The molecule has 0 aliphatic carbocycles. The van der Waals surface area contributed by atoms with Gasteiger partial charge in [-0.2, -0.15) is 0 Å². The number of aryl methyl sites for hydroxylation is 2. The Balaban J connectivity index is 2.15. The van der Waals surface area contributed by atoms with E-state index in [0.717, 1.165) is 21.1 Å². The van der Waals surface area contributed by atoms with Gasteiger partial charge in [0.1, 0.15) is 5.01 Å². The van der Waals surface area contributed by atoms with Crippen molar-refractivity contribution in [3.8, 4) is 21.8 Å². The summed E-state index contributed by atoms with van der Waals surface area (Å²) >= 11 is 7.78. The molecular formula is C17H15ClN2S. The summed E-state index contributed by atoms with van der Waals surface area (Å²) in [7, 11) is 0. The Bertz CT molecular complexity index is 766. The topological polar surface area (TPSA) is 25.8 Å². The Kier molecular flexibility index (Phi) is 4.04. The standard InChI is InChI=1S/C17H15ClN2S/c1-11-3-4-12(2)14(9-11)16-15(10-18)21-17(20-16)13-5-7-19-8-6-13/h3-9H,10H2,1-2H3. The van der Waals surface area contributed by atoms with Crippen LogP contribution in [0, 0.1) is 13.8 Å². The molecule has 3 aromatic rings. The average molecular weight is 315 g/mol. The molecule has 0 bridgehead atoms. The van der Waals surface area contributed by atoms with E-state index in [1.165, 1.54) is 16.7 Å². The summed E-state index contributed by atoms with van der Waals surface area (Å²) in [5.41, 5.74) is 5.70. The van der Waals surface area contributed by atoms with Crippen LogP contribution in [-0.4, -0.2) is 9.97 Å². The smallest absolute Gasteiger partial charge is 0.124 e. The zero-order valence-corrected chi connectivity index (χ0v) is 13.5. The van der Waals surface area contributed by atoms with Crippen molar-refractivity contribution in [2.45, 2.75) is 19.7 Å². The van der Waals surface area contributed by atoms with Crippen molar-refractivity contribution in [3.05, 3.63) is 58.7 Å². The lowest BCUT2D eigenvalue weighted by Crippen LogP contribution is -1.88. The van der Waals surface area contributed by atoms with Crippen molar-refractivity contribution in [2.75, 3.05) is 0 Å². The first-order valence-corrected chi connectivity index (χ1v) is 8.08. The first kappa shape index (κ1) is 14.2. The monoisotopic (exact) mass is 314 g/mol. The van der Waals surface area contributed by atoms with Crippen molar-refractivity contribution >= 4 is 22.9 Å². The number of nitrogens with zero attached hydrogens (tertiary/aromatic N) is 2.